The summed E-state index contributed by atoms with van der Waals surface area (Å²) in [6.45, 7) is 5.26. The van der Waals surface area contributed by atoms with E-state index in [1.165, 1.54) is 6.07 Å². The third-order valence-corrected chi connectivity index (χ3v) is 6.00. The lowest BCUT2D eigenvalue weighted by Crippen LogP contribution is -2.41. The van der Waals surface area contributed by atoms with E-state index in [1.54, 1.807) is 37.4 Å². The van der Waals surface area contributed by atoms with Crippen molar-refractivity contribution in [3.05, 3.63) is 57.9 Å². The zero-order valence-corrected chi connectivity index (χ0v) is 20.0. The molecular weight excluding hydrogens is 466 g/mol. The van der Waals surface area contributed by atoms with Gasteiger partial charge in [-0.3, -0.25) is 14.5 Å². The topological polar surface area (TPSA) is 130 Å². The standard InChI is InChI=1S/C26H29N3O7/c1-27-7-11-35-23-15-22(31)21(16-30)24-20(23)14-19(26(33)36-24)17-2-4-18(5-3-17)25(32)28-6-8-29-9-12-34-13-10-29/h2-5,14-16,27,31H,6-13H2,1H3,(H,28,32). The molecule has 4 rings (SSSR count). The molecule has 0 atom stereocenters. The fourth-order valence-electron chi connectivity index (χ4n) is 4.00. The maximum atomic E-state index is 12.8. The van der Waals surface area contributed by atoms with Gasteiger partial charge in [0.25, 0.3) is 5.91 Å². The van der Waals surface area contributed by atoms with Crippen LogP contribution in [0.2, 0.25) is 0 Å². The van der Waals surface area contributed by atoms with Crippen LogP contribution >= 0.6 is 0 Å². The molecule has 0 bridgehead atoms. The highest BCUT2D eigenvalue weighted by Crippen LogP contribution is 2.35. The normalized spacial score (nSPS) is 14.0. The van der Waals surface area contributed by atoms with E-state index in [2.05, 4.69) is 15.5 Å². The number of nitrogens with one attached hydrogen (secondary N) is 2. The Morgan fingerprint density at radius 2 is 1.92 bits per heavy atom. The fraction of sp³-hybridized carbons (Fsp3) is 0.346. The summed E-state index contributed by atoms with van der Waals surface area (Å²) in [5.41, 5.74) is 0.392. The highest BCUT2D eigenvalue weighted by molar-refractivity contribution is 6.01. The van der Waals surface area contributed by atoms with E-state index >= 15 is 0 Å². The third-order valence-electron chi connectivity index (χ3n) is 6.00. The van der Waals surface area contributed by atoms with Gasteiger partial charge in [-0.1, -0.05) is 12.1 Å². The van der Waals surface area contributed by atoms with Crippen LogP contribution < -0.4 is 21.0 Å². The van der Waals surface area contributed by atoms with Crippen LogP contribution in [0.25, 0.3) is 22.1 Å². The van der Waals surface area contributed by atoms with Crippen LogP contribution in [0.3, 0.4) is 0 Å². The van der Waals surface area contributed by atoms with Crippen LogP contribution in [0.15, 0.2) is 45.6 Å². The maximum absolute atomic E-state index is 12.8. The van der Waals surface area contributed by atoms with Crippen molar-refractivity contribution >= 4 is 23.2 Å². The predicted octanol–water partition coefficient (Wildman–Crippen LogP) is 1.64. The van der Waals surface area contributed by atoms with Gasteiger partial charge in [-0.25, -0.2) is 4.79 Å². The van der Waals surface area contributed by atoms with Gasteiger partial charge < -0.3 is 29.6 Å². The number of phenolic OH excluding ortho intramolecular Hbond substituents is 1. The average Bonchev–Trinajstić information content (AvgIpc) is 2.89. The van der Waals surface area contributed by atoms with E-state index in [9.17, 15) is 19.5 Å². The van der Waals surface area contributed by atoms with Crippen LogP contribution in [0.5, 0.6) is 11.5 Å². The number of nitrogens with zero attached hydrogens (tertiary/aromatic N) is 1. The number of aromatic hydroxyl groups is 1. The first-order valence-electron chi connectivity index (χ1n) is 11.8. The van der Waals surface area contributed by atoms with Gasteiger partial charge >= 0.3 is 5.63 Å². The summed E-state index contributed by atoms with van der Waals surface area (Å²) >= 11 is 0. The zero-order chi connectivity index (χ0) is 25.5. The molecule has 2 heterocycles. The largest absolute Gasteiger partial charge is 0.507 e. The summed E-state index contributed by atoms with van der Waals surface area (Å²) in [4.78, 5) is 39.1. The number of carbonyl (C=O) groups excluding carboxylic acids is 2. The molecule has 2 aromatic carbocycles. The van der Waals surface area contributed by atoms with Crippen molar-refractivity contribution < 1.29 is 28.6 Å². The van der Waals surface area contributed by atoms with Crippen molar-refractivity contribution in [2.45, 2.75) is 0 Å². The SMILES string of the molecule is CNCCOc1cc(O)c(C=O)c2oc(=O)c(-c3ccc(C(=O)NCCN4CCOCC4)cc3)cc12. The Kier molecular flexibility index (Phi) is 8.32. The average molecular weight is 496 g/mol. The van der Waals surface area contributed by atoms with Gasteiger partial charge in [0.05, 0.1) is 29.7 Å². The van der Waals surface area contributed by atoms with E-state index in [0.717, 1.165) is 19.6 Å². The third kappa shape index (κ3) is 5.73. The number of fused-ring (bicyclic) bond motifs is 1. The number of likely N-dealkylation sites (N-methyl/N-ethyl adjacent to an activating group) is 1. The number of hydrogen-bond acceptors (Lipinski definition) is 9. The van der Waals surface area contributed by atoms with Crippen molar-refractivity contribution in [3.63, 3.8) is 0 Å². The molecule has 1 aliphatic heterocycles. The minimum Gasteiger partial charge on any atom is -0.507 e. The Bertz CT molecular complexity index is 1280. The molecule has 0 unspecified atom stereocenters. The Hall–Kier alpha value is -3.73. The lowest BCUT2D eigenvalue weighted by atomic mass is 10.0. The molecule has 190 valence electrons. The number of aldehydes is 1. The molecule has 3 N–H and O–H groups in total. The summed E-state index contributed by atoms with van der Waals surface area (Å²) in [7, 11) is 1.78. The first-order valence-corrected chi connectivity index (χ1v) is 11.8. The molecule has 1 aliphatic rings. The Morgan fingerprint density at radius 1 is 1.17 bits per heavy atom. The number of hydrogen-bond donors (Lipinski definition) is 3. The van der Waals surface area contributed by atoms with Crippen molar-refractivity contribution in [1.29, 1.82) is 0 Å². The van der Waals surface area contributed by atoms with Crippen LogP contribution in [-0.2, 0) is 4.74 Å². The van der Waals surface area contributed by atoms with Crippen molar-refractivity contribution in [2.75, 3.05) is 59.6 Å². The first kappa shape index (κ1) is 25.4. The second-order valence-electron chi connectivity index (χ2n) is 8.35. The smallest absolute Gasteiger partial charge is 0.344 e. The molecule has 1 fully saturated rings. The molecule has 36 heavy (non-hydrogen) atoms. The zero-order valence-electron chi connectivity index (χ0n) is 20.0. The number of amides is 1. The quantitative estimate of drug-likeness (QED) is 0.218. The minimum absolute atomic E-state index is 0.0468. The van der Waals surface area contributed by atoms with Gasteiger partial charge in [-0.2, -0.15) is 0 Å². The van der Waals surface area contributed by atoms with Gasteiger partial charge in [0.15, 0.2) is 11.9 Å². The van der Waals surface area contributed by atoms with Gasteiger partial charge in [0.2, 0.25) is 0 Å². The number of morpholine rings is 1. The molecule has 0 spiro atoms. The summed E-state index contributed by atoms with van der Waals surface area (Å²) in [5, 5.41) is 16.5. The van der Waals surface area contributed by atoms with Gasteiger partial charge in [-0.15, -0.1) is 0 Å². The molecule has 1 saturated heterocycles. The summed E-state index contributed by atoms with van der Waals surface area (Å²) in [6.07, 6.45) is 0.435. The molecule has 0 radical (unpaired) electrons. The predicted molar refractivity (Wildman–Crippen MR) is 134 cm³/mol. The highest BCUT2D eigenvalue weighted by Gasteiger charge is 2.19. The molecule has 10 nitrogen and oxygen atoms in total. The second kappa shape index (κ2) is 11.8. The summed E-state index contributed by atoms with van der Waals surface area (Å²) < 4.78 is 16.5. The van der Waals surface area contributed by atoms with E-state index < -0.39 is 5.63 Å². The molecule has 0 saturated carbocycles. The fourth-order valence-corrected chi connectivity index (χ4v) is 4.00. The molecule has 3 aromatic rings. The Balaban J connectivity index is 1.55. The van der Waals surface area contributed by atoms with Crippen LogP contribution in [0.4, 0.5) is 0 Å². The Morgan fingerprint density at radius 3 is 2.61 bits per heavy atom. The van der Waals surface area contributed by atoms with E-state index in [4.69, 9.17) is 13.9 Å². The van der Waals surface area contributed by atoms with E-state index in [-0.39, 0.29) is 34.1 Å². The summed E-state index contributed by atoms with van der Waals surface area (Å²) in [5.74, 6) is -0.256. The van der Waals surface area contributed by atoms with E-state index in [1.807, 2.05) is 0 Å². The highest BCUT2D eigenvalue weighted by atomic mass is 16.5. The van der Waals surface area contributed by atoms with Crippen molar-refractivity contribution in [1.82, 2.24) is 15.5 Å². The number of phenols is 1. The van der Waals surface area contributed by atoms with Crippen molar-refractivity contribution in [2.24, 2.45) is 0 Å². The number of rotatable bonds is 10. The number of carbonyl (C=O) groups is 2. The van der Waals surface area contributed by atoms with Gasteiger partial charge in [0, 0.05) is 44.4 Å². The molecule has 1 amide bonds. The van der Waals surface area contributed by atoms with Crippen LogP contribution in [-0.4, -0.2) is 81.8 Å². The molecular formula is C26H29N3O7. The maximum Gasteiger partial charge on any atom is 0.344 e. The molecule has 0 aliphatic carbocycles. The van der Waals surface area contributed by atoms with Crippen LogP contribution in [0, 0.1) is 0 Å². The summed E-state index contributed by atoms with van der Waals surface area (Å²) in [6, 6.07) is 9.51. The lowest BCUT2D eigenvalue weighted by molar-refractivity contribution is 0.0383. The number of benzene rings is 2. The van der Waals surface area contributed by atoms with E-state index in [0.29, 0.717) is 55.7 Å². The van der Waals surface area contributed by atoms with Crippen LogP contribution in [0.1, 0.15) is 20.7 Å². The molecule has 1 aromatic heterocycles. The van der Waals surface area contributed by atoms with Gasteiger partial charge in [-0.05, 0) is 30.8 Å². The number of ether oxygens (including phenoxy) is 2. The minimum atomic E-state index is -0.680. The monoisotopic (exact) mass is 495 g/mol. The first-order chi connectivity index (χ1) is 17.5. The van der Waals surface area contributed by atoms with Gasteiger partial charge in [0.1, 0.15) is 18.1 Å². The van der Waals surface area contributed by atoms with Crippen molar-refractivity contribution in [3.8, 4) is 22.6 Å². The lowest BCUT2D eigenvalue weighted by Gasteiger charge is -2.26. The molecule has 10 heteroatoms. The second-order valence-corrected chi connectivity index (χ2v) is 8.35. The Labute approximate surface area is 207 Å².